The number of nitrogens with zero attached hydrogens (tertiary/aromatic N) is 1. The third kappa shape index (κ3) is 1.77. The Bertz CT molecular complexity index is 251. The van der Waals surface area contributed by atoms with Crippen molar-refractivity contribution in [2.45, 2.75) is 19.1 Å². The maximum Gasteiger partial charge on any atom is 0.125 e. The maximum absolute atomic E-state index is 9.44. The van der Waals surface area contributed by atoms with Crippen LogP contribution in [0.2, 0.25) is 0 Å². The van der Waals surface area contributed by atoms with Gasteiger partial charge in [-0.3, -0.25) is 0 Å². The number of aromatic amines is 1. The summed E-state index contributed by atoms with van der Waals surface area (Å²) in [5, 5.41) is 18.6. The molecule has 0 aliphatic carbocycles. The highest BCUT2D eigenvalue weighted by Crippen LogP contribution is 2.17. The van der Waals surface area contributed by atoms with E-state index in [1.165, 1.54) is 6.33 Å². The van der Waals surface area contributed by atoms with Gasteiger partial charge in [0.25, 0.3) is 0 Å². The standard InChI is InChI=1S/C7H11ClN2O2/c1-4-6(10-3-9-4)7(12)5(11)2-8/h3,5,7,11-12H,2H2,1H3,(H,9,10). The Morgan fingerprint density at radius 3 is 2.75 bits per heavy atom. The minimum absolute atomic E-state index is 0.00648. The van der Waals surface area contributed by atoms with E-state index in [1.807, 2.05) is 0 Å². The van der Waals surface area contributed by atoms with Gasteiger partial charge in [-0.25, -0.2) is 4.98 Å². The van der Waals surface area contributed by atoms with Gasteiger partial charge in [0.15, 0.2) is 0 Å². The van der Waals surface area contributed by atoms with Crippen LogP contribution in [0.4, 0.5) is 0 Å². The van der Waals surface area contributed by atoms with E-state index >= 15 is 0 Å². The topological polar surface area (TPSA) is 69.1 Å². The smallest absolute Gasteiger partial charge is 0.125 e. The summed E-state index contributed by atoms with van der Waals surface area (Å²) >= 11 is 5.37. The van der Waals surface area contributed by atoms with E-state index in [4.69, 9.17) is 11.6 Å². The zero-order chi connectivity index (χ0) is 9.14. The molecule has 0 bridgehead atoms. The molecule has 2 atom stereocenters. The number of rotatable bonds is 3. The lowest BCUT2D eigenvalue weighted by Gasteiger charge is -2.13. The van der Waals surface area contributed by atoms with E-state index in [1.54, 1.807) is 6.92 Å². The van der Waals surface area contributed by atoms with Crippen molar-refractivity contribution in [3.63, 3.8) is 0 Å². The molecule has 1 heterocycles. The van der Waals surface area contributed by atoms with Crippen molar-refractivity contribution in [3.8, 4) is 0 Å². The highest BCUT2D eigenvalue weighted by Gasteiger charge is 2.20. The molecule has 0 aromatic carbocycles. The van der Waals surface area contributed by atoms with Gasteiger partial charge >= 0.3 is 0 Å². The average molecular weight is 191 g/mol. The lowest BCUT2D eigenvalue weighted by Crippen LogP contribution is -2.20. The SMILES string of the molecule is Cc1[nH]cnc1C(O)C(O)CCl. The molecule has 0 amide bonds. The van der Waals surface area contributed by atoms with Crippen LogP contribution in [0.15, 0.2) is 6.33 Å². The molecule has 4 nitrogen and oxygen atoms in total. The van der Waals surface area contributed by atoms with Gasteiger partial charge in [-0.05, 0) is 6.92 Å². The molecular weight excluding hydrogens is 180 g/mol. The van der Waals surface area contributed by atoms with E-state index in [2.05, 4.69) is 9.97 Å². The van der Waals surface area contributed by atoms with Crippen molar-refractivity contribution in [2.24, 2.45) is 0 Å². The fourth-order valence-electron chi connectivity index (χ4n) is 0.934. The first-order valence-electron chi connectivity index (χ1n) is 3.58. The van der Waals surface area contributed by atoms with Crippen molar-refractivity contribution in [1.29, 1.82) is 0 Å². The maximum atomic E-state index is 9.44. The molecule has 1 aromatic rings. The summed E-state index contributed by atoms with van der Waals surface area (Å²) in [5.74, 6) is -0.00648. The van der Waals surface area contributed by atoms with E-state index in [0.29, 0.717) is 5.69 Å². The predicted molar refractivity (Wildman–Crippen MR) is 45.0 cm³/mol. The summed E-state index contributed by atoms with van der Waals surface area (Å²) in [4.78, 5) is 6.66. The van der Waals surface area contributed by atoms with Crippen molar-refractivity contribution in [2.75, 3.05) is 5.88 Å². The number of aryl methyl sites for hydroxylation is 1. The van der Waals surface area contributed by atoms with Gasteiger partial charge in [-0.15, -0.1) is 11.6 Å². The summed E-state index contributed by atoms with van der Waals surface area (Å²) in [6.45, 7) is 1.77. The van der Waals surface area contributed by atoms with E-state index in [9.17, 15) is 10.2 Å². The van der Waals surface area contributed by atoms with Crippen LogP contribution >= 0.6 is 11.6 Å². The van der Waals surface area contributed by atoms with Crippen LogP contribution in [0.1, 0.15) is 17.5 Å². The second-order valence-electron chi connectivity index (χ2n) is 2.58. The van der Waals surface area contributed by atoms with Crippen molar-refractivity contribution in [3.05, 3.63) is 17.7 Å². The molecule has 12 heavy (non-hydrogen) atoms. The summed E-state index contributed by atoms with van der Waals surface area (Å²) in [6, 6.07) is 0. The average Bonchev–Trinajstić information content (AvgIpc) is 2.48. The molecule has 1 rings (SSSR count). The number of H-pyrrole nitrogens is 1. The molecule has 0 aliphatic rings. The van der Waals surface area contributed by atoms with Crippen LogP contribution in [0.3, 0.4) is 0 Å². The molecule has 3 N–H and O–H groups in total. The Balaban J connectivity index is 2.77. The molecule has 1 aromatic heterocycles. The quantitative estimate of drug-likeness (QED) is 0.603. The van der Waals surface area contributed by atoms with Crippen LogP contribution < -0.4 is 0 Å². The molecule has 0 radical (unpaired) electrons. The van der Waals surface area contributed by atoms with Crippen molar-refractivity contribution >= 4 is 11.6 Å². The second-order valence-corrected chi connectivity index (χ2v) is 2.89. The zero-order valence-corrected chi connectivity index (χ0v) is 7.41. The van der Waals surface area contributed by atoms with E-state index in [0.717, 1.165) is 5.69 Å². The normalized spacial score (nSPS) is 16.0. The monoisotopic (exact) mass is 190 g/mol. The van der Waals surface area contributed by atoms with E-state index in [-0.39, 0.29) is 5.88 Å². The number of hydrogen-bond acceptors (Lipinski definition) is 3. The summed E-state index contributed by atoms with van der Waals surface area (Å²) in [6.07, 6.45) is -0.503. The van der Waals surface area contributed by atoms with Gasteiger partial charge in [-0.1, -0.05) is 0 Å². The summed E-state index contributed by atoms with van der Waals surface area (Å²) < 4.78 is 0. The molecular formula is C7H11ClN2O2. The fraction of sp³-hybridized carbons (Fsp3) is 0.571. The molecule has 0 saturated heterocycles. The Morgan fingerprint density at radius 1 is 1.67 bits per heavy atom. The number of halogens is 1. The number of nitrogens with one attached hydrogen (secondary N) is 1. The largest absolute Gasteiger partial charge is 0.389 e. The zero-order valence-electron chi connectivity index (χ0n) is 6.66. The second kappa shape index (κ2) is 3.89. The van der Waals surface area contributed by atoms with Crippen LogP contribution in [-0.2, 0) is 0 Å². The first-order chi connectivity index (χ1) is 5.66. The minimum Gasteiger partial charge on any atom is -0.389 e. The van der Waals surface area contributed by atoms with Crippen LogP contribution in [-0.4, -0.2) is 32.2 Å². The minimum atomic E-state index is -1.01. The molecule has 5 heteroatoms. The molecule has 0 spiro atoms. The Kier molecular flexibility index (Phi) is 3.08. The van der Waals surface area contributed by atoms with Crippen molar-refractivity contribution in [1.82, 2.24) is 9.97 Å². The molecule has 0 fully saturated rings. The highest BCUT2D eigenvalue weighted by molar-refractivity contribution is 6.18. The number of aliphatic hydroxyl groups excluding tert-OH is 2. The first-order valence-corrected chi connectivity index (χ1v) is 4.12. The Labute approximate surface area is 75.2 Å². The molecule has 0 aliphatic heterocycles. The van der Waals surface area contributed by atoms with Gasteiger partial charge in [0.1, 0.15) is 6.10 Å². The van der Waals surface area contributed by atoms with Gasteiger partial charge in [0.2, 0.25) is 0 Å². The van der Waals surface area contributed by atoms with Gasteiger partial charge in [0, 0.05) is 5.69 Å². The lowest BCUT2D eigenvalue weighted by atomic mass is 10.1. The fourth-order valence-corrected chi connectivity index (χ4v) is 1.10. The molecule has 0 saturated carbocycles. The number of hydrogen-bond donors (Lipinski definition) is 3. The van der Waals surface area contributed by atoms with Crippen LogP contribution in [0, 0.1) is 6.92 Å². The van der Waals surface area contributed by atoms with Gasteiger partial charge in [0.05, 0.1) is 24.0 Å². The van der Waals surface area contributed by atoms with E-state index < -0.39 is 12.2 Å². The third-order valence-corrected chi connectivity index (χ3v) is 1.99. The molecule has 2 unspecified atom stereocenters. The first kappa shape index (κ1) is 9.51. The van der Waals surface area contributed by atoms with Crippen LogP contribution in [0.5, 0.6) is 0 Å². The number of imidazole rings is 1. The number of aromatic nitrogens is 2. The number of aliphatic hydroxyl groups is 2. The lowest BCUT2D eigenvalue weighted by molar-refractivity contribution is 0.0298. The summed E-state index contributed by atoms with van der Waals surface area (Å²) in [7, 11) is 0. The summed E-state index contributed by atoms with van der Waals surface area (Å²) in [5.41, 5.74) is 1.19. The Hall–Kier alpha value is -0.580. The van der Waals surface area contributed by atoms with Gasteiger partial charge < -0.3 is 15.2 Å². The molecule has 68 valence electrons. The van der Waals surface area contributed by atoms with Gasteiger partial charge in [-0.2, -0.15) is 0 Å². The van der Waals surface area contributed by atoms with Crippen molar-refractivity contribution < 1.29 is 10.2 Å². The predicted octanol–water partition coefficient (Wildman–Crippen LogP) is 0.351. The van der Waals surface area contributed by atoms with Crippen LogP contribution in [0.25, 0.3) is 0 Å². The highest BCUT2D eigenvalue weighted by atomic mass is 35.5. The third-order valence-electron chi connectivity index (χ3n) is 1.67. The Morgan fingerprint density at radius 2 is 2.33 bits per heavy atom. The number of alkyl halides is 1.